The zero-order valence-corrected chi connectivity index (χ0v) is 15.5. The number of hydrogen-bond donors (Lipinski definition) is 2. The van der Waals surface area contributed by atoms with E-state index in [1.165, 1.54) is 11.3 Å². The first kappa shape index (κ1) is 18.6. The van der Waals surface area contributed by atoms with Gasteiger partial charge in [-0.15, -0.1) is 0 Å². The van der Waals surface area contributed by atoms with Gasteiger partial charge in [-0.2, -0.15) is 0 Å². The fourth-order valence-electron chi connectivity index (χ4n) is 3.70. The lowest BCUT2D eigenvalue weighted by Crippen LogP contribution is -3.18. The highest BCUT2D eigenvalue weighted by Crippen LogP contribution is 2.27. The Kier molecular flexibility index (Phi) is 6.49. The van der Waals surface area contributed by atoms with Gasteiger partial charge >= 0.3 is 0 Å². The summed E-state index contributed by atoms with van der Waals surface area (Å²) in [6, 6.07) is 5.70. The number of hydrogen-bond acceptors (Lipinski definition) is 3. The van der Waals surface area contributed by atoms with Crippen LogP contribution in [-0.2, 0) is 11.3 Å². The summed E-state index contributed by atoms with van der Waals surface area (Å²) in [5.74, 6) is 2.86. The molecule has 134 valence electrons. The SMILES string of the molecule is COc1ccc(CNC(=O)[C@H](C)[NH+]2C[C@H](C)C[C@H](C)C2)cc1OC. The number of benzene rings is 1. The molecule has 24 heavy (non-hydrogen) atoms. The minimum absolute atomic E-state index is 0.0182. The average Bonchev–Trinajstić information content (AvgIpc) is 2.57. The summed E-state index contributed by atoms with van der Waals surface area (Å²) in [5, 5.41) is 3.06. The zero-order chi connectivity index (χ0) is 17.7. The molecule has 1 aliphatic rings. The van der Waals surface area contributed by atoms with Crippen molar-refractivity contribution in [1.82, 2.24) is 5.32 Å². The second kappa shape index (κ2) is 8.38. The van der Waals surface area contributed by atoms with Crippen LogP contribution in [0.2, 0.25) is 0 Å². The maximum atomic E-state index is 12.5. The fraction of sp³-hybridized carbons (Fsp3) is 0.632. The van der Waals surface area contributed by atoms with Crippen LogP contribution < -0.4 is 19.7 Å². The van der Waals surface area contributed by atoms with Crippen LogP contribution in [0.1, 0.15) is 32.8 Å². The van der Waals surface area contributed by atoms with E-state index < -0.39 is 0 Å². The second-order valence-corrected chi connectivity index (χ2v) is 7.14. The van der Waals surface area contributed by atoms with Crippen molar-refractivity contribution in [1.29, 1.82) is 0 Å². The molecule has 1 unspecified atom stereocenters. The lowest BCUT2D eigenvalue weighted by Gasteiger charge is -2.35. The second-order valence-electron chi connectivity index (χ2n) is 7.14. The first-order chi connectivity index (χ1) is 11.4. The number of carbonyl (C=O) groups excluding carboxylic acids is 1. The van der Waals surface area contributed by atoms with E-state index in [9.17, 15) is 4.79 Å². The van der Waals surface area contributed by atoms with Gasteiger partial charge in [0, 0.05) is 18.4 Å². The Morgan fingerprint density at radius 2 is 1.83 bits per heavy atom. The zero-order valence-electron chi connectivity index (χ0n) is 15.5. The van der Waals surface area contributed by atoms with Gasteiger partial charge < -0.3 is 19.7 Å². The van der Waals surface area contributed by atoms with Crippen LogP contribution >= 0.6 is 0 Å². The van der Waals surface area contributed by atoms with Crippen molar-refractivity contribution in [2.75, 3.05) is 27.3 Å². The van der Waals surface area contributed by atoms with Crippen LogP contribution in [0.5, 0.6) is 11.5 Å². The lowest BCUT2D eigenvalue weighted by atomic mass is 9.91. The predicted octanol–water partition coefficient (Wildman–Crippen LogP) is 1.27. The van der Waals surface area contributed by atoms with Gasteiger partial charge in [-0.3, -0.25) is 4.79 Å². The molecule has 0 spiro atoms. The highest BCUT2D eigenvalue weighted by Gasteiger charge is 2.32. The quantitative estimate of drug-likeness (QED) is 0.823. The van der Waals surface area contributed by atoms with E-state index in [4.69, 9.17) is 9.47 Å². The molecule has 2 rings (SSSR count). The Morgan fingerprint density at radius 3 is 2.42 bits per heavy atom. The number of ether oxygens (including phenoxy) is 2. The summed E-state index contributed by atoms with van der Waals surface area (Å²) >= 11 is 0. The highest BCUT2D eigenvalue weighted by molar-refractivity contribution is 5.79. The van der Waals surface area contributed by atoms with Crippen LogP contribution in [-0.4, -0.2) is 39.3 Å². The van der Waals surface area contributed by atoms with Crippen molar-refractivity contribution in [3.05, 3.63) is 23.8 Å². The third-order valence-electron chi connectivity index (χ3n) is 4.95. The van der Waals surface area contributed by atoms with E-state index in [1.807, 2.05) is 25.1 Å². The van der Waals surface area contributed by atoms with Crippen molar-refractivity contribution in [2.24, 2.45) is 11.8 Å². The molecule has 5 heteroatoms. The summed E-state index contributed by atoms with van der Waals surface area (Å²) < 4.78 is 10.5. The maximum Gasteiger partial charge on any atom is 0.278 e. The molecular formula is C19H31N2O3+. The predicted molar refractivity (Wildman–Crippen MR) is 94.5 cm³/mol. The van der Waals surface area contributed by atoms with Gasteiger partial charge in [-0.05, 0) is 31.0 Å². The Balaban J connectivity index is 1.92. The number of carbonyl (C=O) groups is 1. The van der Waals surface area contributed by atoms with E-state index in [1.54, 1.807) is 14.2 Å². The van der Waals surface area contributed by atoms with E-state index in [0.29, 0.717) is 29.9 Å². The standard InChI is InChI=1S/C19H30N2O3/c1-13-8-14(2)12-21(11-13)15(3)19(22)20-10-16-6-7-17(23-4)18(9-16)24-5/h6-7,9,13-15H,8,10-12H2,1-5H3,(H,20,22)/p+1/t13-,14+,15-/m0/s1. The molecule has 0 radical (unpaired) electrons. The molecule has 4 atom stereocenters. The molecular weight excluding hydrogens is 304 g/mol. The molecule has 0 bridgehead atoms. The van der Waals surface area contributed by atoms with E-state index >= 15 is 0 Å². The molecule has 1 aromatic rings. The molecule has 1 amide bonds. The Hall–Kier alpha value is -1.75. The van der Waals surface area contributed by atoms with Gasteiger partial charge in [0.25, 0.3) is 5.91 Å². The molecule has 1 aromatic carbocycles. The summed E-state index contributed by atoms with van der Waals surface area (Å²) in [7, 11) is 3.23. The van der Waals surface area contributed by atoms with Crippen LogP contribution in [0, 0.1) is 11.8 Å². The van der Waals surface area contributed by atoms with Gasteiger partial charge in [0.15, 0.2) is 17.5 Å². The molecule has 0 aromatic heterocycles. The number of piperidine rings is 1. The first-order valence-corrected chi connectivity index (χ1v) is 8.77. The van der Waals surface area contributed by atoms with Crippen molar-refractivity contribution in [2.45, 2.75) is 39.8 Å². The highest BCUT2D eigenvalue weighted by atomic mass is 16.5. The number of quaternary nitrogens is 1. The number of amides is 1. The van der Waals surface area contributed by atoms with Gasteiger partial charge in [0.2, 0.25) is 0 Å². The number of nitrogens with one attached hydrogen (secondary N) is 2. The normalized spacial score (nSPS) is 25.0. The Bertz CT molecular complexity index is 552. The smallest absolute Gasteiger partial charge is 0.278 e. The summed E-state index contributed by atoms with van der Waals surface area (Å²) in [5.41, 5.74) is 1.00. The molecule has 1 aliphatic heterocycles. The molecule has 1 heterocycles. The Morgan fingerprint density at radius 1 is 1.21 bits per heavy atom. The third kappa shape index (κ3) is 4.63. The van der Waals surface area contributed by atoms with Gasteiger partial charge in [-0.1, -0.05) is 19.9 Å². The number of rotatable bonds is 6. The van der Waals surface area contributed by atoms with Gasteiger partial charge in [0.05, 0.1) is 27.3 Å². The maximum absolute atomic E-state index is 12.5. The third-order valence-corrected chi connectivity index (χ3v) is 4.95. The Labute approximate surface area is 145 Å². The minimum Gasteiger partial charge on any atom is -0.493 e. The van der Waals surface area contributed by atoms with Gasteiger partial charge in [0.1, 0.15) is 0 Å². The first-order valence-electron chi connectivity index (χ1n) is 8.77. The van der Waals surface area contributed by atoms with E-state index in [0.717, 1.165) is 18.7 Å². The van der Waals surface area contributed by atoms with Crippen LogP contribution in [0.25, 0.3) is 0 Å². The summed E-state index contributed by atoms with van der Waals surface area (Å²) in [6.07, 6.45) is 1.27. The largest absolute Gasteiger partial charge is 0.493 e. The topological polar surface area (TPSA) is 52.0 Å². The van der Waals surface area contributed by atoms with E-state index in [2.05, 4.69) is 19.2 Å². The molecule has 2 N–H and O–H groups in total. The fourth-order valence-corrected chi connectivity index (χ4v) is 3.70. The number of methoxy groups -OCH3 is 2. The summed E-state index contributed by atoms with van der Waals surface area (Å²) in [4.78, 5) is 13.9. The van der Waals surface area contributed by atoms with Crippen molar-refractivity contribution in [3.63, 3.8) is 0 Å². The molecule has 5 nitrogen and oxygen atoms in total. The summed E-state index contributed by atoms with van der Waals surface area (Å²) in [6.45, 7) is 9.25. The lowest BCUT2D eigenvalue weighted by molar-refractivity contribution is -0.925. The van der Waals surface area contributed by atoms with E-state index in [-0.39, 0.29) is 11.9 Å². The average molecular weight is 335 g/mol. The van der Waals surface area contributed by atoms with Crippen molar-refractivity contribution in [3.8, 4) is 11.5 Å². The number of likely N-dealkylation sites (tertiary alicyclic amines) is 1. The van der Waals surface area contributed by atoms with Crippen LogP contribution in [0.15, 0.2) is 18.2 Å². The molecule has 0 aliphatic carbocycles. The van der Waals surface area contributed by atoms with Crippen molar-refractivity contribution < 1.29 is 19.2 Å². The van der Waals surface area contributed by atoms with Gasteiger partial charge in [-0.25, -0.2) is 0 Å². The van der Waals surface area contributed by atoms with Crippen LogP contribution in [0.3, 0.4) is 0 Å². The minimum atomic E-state index is -0.0182. The molecule has 1 saturated heterocycles. The van der Waals surface area contributed by atoms with Crippen LogP contribution in [0.4, 0.5) is 0 Å². The molecule has 1 fully saturated rings. The molecule has 0 saturated carbocycles. The van der Waals surface area contributed by atoms with Crippen molar-refractivity contribution >= 4 is 5.91 Å². The monoisotopic (exact) mass is 335 g/mol.